The largest absolute Gasteiger partial charge is 0.374 e. The van der Waals surface area contributed by atoms with Crippen LogP contribution in [0, 0.1) is 0 Å². The molecule has 1 heterocycles. The summed E-state index contributed by atoms with van der Waals surface area (Å²) in [4.78, 5) is 2.22. The van der Waals surface area contributed by atoms with Gasteiger partial charge in [0, 0.05) is 19.3 Å². The molecule has 0 saturated carbocycles. The highest BCUT2D eigenvalue weighted by Crippen LogP contribution is 2.12. The van der Waals surface area contributed by atoms with E-state index in [1.54, 1.807) is 0 Å². The molecule has 12 heavy (non-hydrogen) atoms. The predicted octanol–water partition coefficient (Wildman–Crippen LogP) is 2.73. The molecule has 0 N–H and O–H groups in total. The zero-order valence-electron chi connectivity index (χ0n) is 8.12. The Morgan fingerprint density at radius 3 is 2.92 bits per heavy atom. The van der Waals surface area contributed by atoms with Gasteiger partial charge >= 0.3 is 0 Å². The summed E-state index contributed by atoms with van der Waals surface area (Å²) in [6.45, 7) is 4.34. The van der Waals surface area contributed by atoms with Crippen LogP contribution in [0.2, 0.25) is 0 Å². The van der Waals surface area contributed by atoms with Crippen LogP contribution in [0.4, 0.5) is 0 Å². The van der Waals surface area contributed by atoms with E-state index >= 15 is 0 Å². The van der Waals surface area contributed by atoms with E-state index in [9.17, 15) is 0 Å². The van der Waals surface area contributed by atoms with Gasteiger partial charge in [-0.3, -0.25) is 0 Å². The molecule has 1 heteroatoms. The molecular formula is C11H17N. The van der Waals surface area contributed by atoms with Crippen LogP contribution in [-0.4, -0.2) is 18.0 Å². The number of nitrogens with zero attached hydrogens (tertiary/aromatic N) is 1. The molecule has 0 saturated heterocycles. The highest BCUT2D eigenvalue weighted by Gasteiger charge is 2.05. The molecule has 1 rings (SSSR count). The molecule has 0 aromatic rings. The summed E-state index contributed by atoms with van der Waals surface area (Å²) in [6.07, 6.45) is 12.0. The Kier molecular flexibility index (Phi) is 3.15. The van der Waals surface area contributed by atoms with E-state index in [4.69, 9.17) is 0 Å². The second kappa shape index (κ2) is 4.15. The topological polar surface area (TPSA) is 3.24 Å². The molecule has 0 bridgehead atoms. The monoisotopic (exact) mass is 163 g/mol. The van der Waals surface area contributed by atoms with Crippen molar-refractivity contribution < 1.29 is 0 Å². The van der Waals surface area contributed by atoms with Crippen molar-refractivity contribution in [2.24, 2.45) is 0 Å². The van der Waals surface area contributed by atoms with E-state index in [-0.39, 0.29) is 0 Å². The van der Waals surface area contributed by atoms with Gasteiger partial charge in [0.2, 0.25) is 0 Å². The average molecular weight is 163 g/mol. The Morgan fingerprint density at radius 2 is 2.33 bits per heavy atom. The first-order valence-corrected chi connectivity index (χ1v) is 4.52. The Bertz CT molecular complexity index is 219. The van der Waals surface area contributed by atoms with Gasteiger partial charge in [-0.2, -0.15) is 0 Å². The Hall–Kier alpha value is -0.980. The fraction of sp³-hybridized carbons (Fsp3) is 0.455. The van der Waals surface area contributed by atoms with Crippen molar-refractivity contribution in [2.45, 2.75) is 26.3 Å². The van der Waals surface area contributed by atoms with Gasteiger partial charge < -0.3 is 4.90 Å². The summed E-state index contributed by atoms with van der Waals surface area (Å²) in [7, 11) is 2.11. The maximum atomic E-state index is 2.22. The summed E-state index contributed by atoms with van der Waals surface area (Å²) in [5, 5.41) is 0. The van der Waals surface area contributed by atoms with Crippen molar-refractivity contribution in [3.63, 3.8) is 0 Å². The molecular weight excluding hydrogens is 146 g/mol. The summed E-state index contributed by atoms with van der Waals surface area (Å²) in [5.74, 6) is 0. The normalized spacial score (nSPS) is 23.4. The van der Waals surface area contributed by atoms with Crippen LogP contribution >= 0.6 is 0 Å². The summed E-state index contributed by atoms with van der Waals surface area (Å²) in [5.41, 5.74) is 1.29. The number of hydrogen-bond donors (Lipinski definition) is 0. The van der Waals surface area contributed by atoms with Crippen LogP contribution in [0.3, 0.4) is 0 Å². The van der Waals surface area contributed by atoms with E-state index in [2.05, 4.69) is 56.3 Å². The van der Waals surface area contributed by atoms with E-state index in [0.717, 1.165) is 6.42 Å². The van der Waals surface area contributed by atoms with Gasteiger partial charge in [-0.25, -0.2) is 0 Å². The number of rotatable bonds is 2. The van der Waals surface area contributed by atoms with Crippen molar-refractivity contribution in [3.8, 4) is 0 Å². The Balaban J connectivity index is 2.63. The lowest BCUT2D eigenvalue weighted by Crippen LogP contribution is -2.23. The van der Waals surface area contributed by atoms with Crippen molar-refractivity contribution in [2.75, 3.05) is 7.05 Å². The van der Waals surface area contributed by atoms with Crippen molar-refractivity contribution in [1.29, 1.82) is 0 Å². The van der Waals surface area contributed by atoms with E-state index in [0.29, 0.717) is 6.04 Å². The molecule has 1 aliphatic rings. The first kappa shape index (κ1) is 9.11. The van der Waals surface area contributed by atoms with Gasteiger partial charge in [0.25, 0.3) is 0 Å². The molecule has 0 radical (unpaired) electrons. The predicted molar refractivity (Wildman–Crippen MR) is 53.9 cm³/mol. The molecule has 0 aliphatic carbocycles. The third-order valence-electron chi connectivity index (χ3n) is 2.11. The van der Waals surface area contributed by atoms with Gasteiger partial charge in [0.1, 0.15) is 0 Å². The minimum absolute atomic E-state index is 0.531. The van der Waals surface area contributed by atoms with Gasteiger partial charge in [-0.05, 0) is 18.9 Å². The molecule has 1 aliphatic heterocycles. The van der Waals surface area contributed by atoms with E-state index in [1.807, 2.05) is 0 Å². The van der Waals surface area contributed by atoms with Crippen LogP contribution in [0.1, 0.15) is 20.3 Å². The lowest BCUT2D eigenvalue weighted by Gasteiger charge is -2.24. The summed E-state index contributed by atoms with van der Waals surface area (Å²) < 4.78 is 0. The lowest BCUT2D eigenvalue weighted by molar-refractivity contribution is 0.401. The third-order valence-corrected chi connectivity index (χ3v) is 2.11. The fourth-order valence-corrected chi connectivity index (χ4v) is 1.13. The van der Waals surface area contributed by atoms with Crippen LogP contribution in [0.5, 0.6) is 0 Å². The number of likely N-dealkylation sites (N-methyl/N-ethyl adjacent to an activating group) is 1. The lowest BCUT2D eigenvalue weighted by atomic mass is 10.1. The maximum absolute atomic E-state index is 2.22. The Morgan fingerprint density at radius 1 is 1.58 bits per heavy atom. The molecule has 0 amide bonds. The minimum atomic E-state index is 0.531. The molecule has 1 unspecified atom stereocenters. The highest BCUT2D eigenvalue weighted by molar-refractivity contribution is 5.33. The molecule has 0 aromatic heterocycles. The highest BCUT2D eigenvalue weighted by atomic mass is 15.1. The fourth-order valence-electron chi connectivity index (χ4n) is 1.13. The molecule has 0 spiro atoms. The first-order valence-electron chi connectivity index (χ1n) is 4.52. The summed E-state index contributed by atoms with van der Waals surface area (Å²) in [6, 6.07) is 0.531. The second-order valence-corrected chi connectivity index (χ2v) is 3.20. The first-order chi connectivity index (χ1) is 5.74. The van der Waals surface area contributed by atoms with Crippen LogP contribution in [0.25, 0.3) is 0 Å². The minimum Gasteiger partial charge on any atom is -0.374 e. The van der Waals surface area contributed by atoms with Crippen LogP contribution in [0.15, 0.2) is 36.1 Å². The van der Waals surface area contributed by atoms with Crippen molar-refractivity contribution in [1.82, 2.24) is 4.90 Å². The van der Waals surface area contributed by atoms with Gasteiger partial charge in [-0.1, -0.05) is 31.2 Å². The van der Waals surface area contributed by atoms with Crippen molar-refractivity contribution in [3.05, 3.63) is 36.1 Å². The second-order valence-electron chi connectivity index (χ2n) is 3.20. The third kappa shape index (κ3) is 2.26. The molecule has 66 valence electrons. The summed E-state index contributed by atoms with van der Waals surface area (Å²) >= 11 is 0. The zero-order valence-corrected chi connectivity index (χ0v) is 8.12. The molecule has 1 nitrogen and oxygen atoms in total. The Labute approximate surface area is 75.1 Å². The molecule has 0 aromatic carbocycles. The van der Waals surface area contributed by atoms with E-state index < -0.39 is 0 Å². The van der Waals surface area contributed by atoms with Crippen molar-refractivity contribution >= 4 is 0 Å². The standard InChI is InChI=1S/C11H17N/c1-4-5-6-11-8-7-10(2)12(3)9-11/h5-10H,4H2,1-3H3/b6-5+. The van der Waals surface area contributed by atoms with E-state index in [1.165, 1.54) is 5.57 Å². The molecule has 0 fully saturated rings. The van der Waals surface area contributed by atoms with Gasteiger partial charge in [0.05, 0.1) is 0 Å². The van der Waals surface area contributed by atoms with Crippen LogP contribution < -0.4 is 0 Å². The smallest absolute Gasteiger partial charge is 0.0439 e. The number of hydrogen-bond acceptors (Lipinski definition) is 1. The SMILES string of the molecule is CC/C=C/C1=CN(C)C(C)C=C1. The van der Waals surface area contributed by atoms with Gasteiger partial charge in [-0.15, -0.1) is 0 Å². The quantitative estimate of drug-likeness (QED) is 0.605. The maximum Gasteiger partial charge on any atom is 0.0439 e. The molecule has 1 atom stereocenters. The van der Waals surface area contributed by atoms with Gasteiger partial charge in [0.15, 0.2) is 0 Å². The zero-order chi connectivity index (χ0) is 8.97. The number of allylic oxidation sites excluding steroid dienone is 4. The average Bonchev–Trinajstić information content (AvgIpc) is 2.07. The van der Waals surface area contributed by atoms with Crippen LogP contribution in [-0.2, 0) is 0 Å².